The maximum absolute atomic E-state index is 14.1. The van der Waals surface area contributed by atoms with Gasteiger partial charge in [0.1, 0.15) is 5.82 Å². The number of benzene rings is 1. The number of hydrogen-bond acceptors (Lipinski definition) is 1. The molecule has 2 heteroatoms. The molecule has 1 saturated heterocycles. The lowest BCUT2D eigenvalue weighted by Crippen LogP contribution is -2.54. The van der Waals surface area contributed by atoms with E-state index >= 15 is 0 Å². The third-order valence-electron chi connectivity index (χ3n) is 4.52. The first kappa shape index (κ1) is 11.2. The Labute approximate surface area is 103 Å². The zero-order valence-corrected chi connectivity index (χ0v) is 10.3. The summed E-state index contributed by atoms with van der Waals surface area (Å²) >= 11 is 0. The molecule has 1 saturated carbocycles. The van der Waals surface area contributed by atoms with Crippen LogP contribution in [0.4, 0.5) is 4.39 Å². The summed E-state index contributed by atoms with van der Waals surface area (Å²) in [6, 6.07) is 7.39. The summed E-state index contributed by atoms with van der Waals surface area (Å²) in [4.78, 5) is 2.50. The fourth-order valence-corrected chi connectivity index (χ4v) is 3.48. The summed E-state index contributed by atoms with van der Waals surface area (Å²) in [7, 11) is 0. The topological polar surface area (TPSA) is 3.24 Å². The summed E-state index contributed by atoms with van der Waals surface area (Å²) < 4.78 is 14.1. The largest absolute Gasteiger partial charge is 0.293 e. The van der Waals surface area contributed by atoms with Gasteiger partial charge in [-0.25, -0.2) is 4.39 Å². The molecule has 2 fully saturated rings. The molecule has 1 heterocycles. The van der Waals surface area contributed by atoms with Gasteiger partial charge in [-0.15, -0.1) is 0 Å². The van der Waals surface area contributed by atoms with Crippen LogP contribution in [0.25, 0.3) is 0 Å². The molecule has 0 atom stereocenters. The van der Waals surface area contributed by atoms with Crippen LogP contribution < -0.4 is 0 Å². The Balaban J connectivity index is 2.00. The average Bonchev–Trinajstić information content (AvgIpc) is 2.28. The fourth-order valence-electron chi connectivity index (χ4n) is 3.48. The molecule has 0 amide bonds. The maximum Gasteiger partial charge on any atom is 0.128 e. The van der Waals surface area contributed by atoms with Gasteiger partial charge in [0.05, 0.1) is 0 Å². The number of rotatable bonds is 2. The molecule has 0 spiro atoms. The van der Waals surface area contributed by atoms with E-state index in [4.69, 9.17) is 0 Å². The van der Waals surface area contributed by atoms with Crippen molar-refractivity contribution in [2.45, 2.75) is 44.1 Å². The first-order chi connectivity index (χ1) is 8.33. The van der Waals surface area contributed by atoms with Crippen molar-refractivity contribution >= 4 is 0 Å². The summed E-state index contributed by atoms with van der Waals surface area (Å²) in [6.07, 6.45) is 7.33. The molecule has 17 heavy (non-hydrogen) atoms. The molecular formula is C15H20FN. The van der Waals surface area contributed by atoms with Crippen molar-refractivity contribution < 1.29 is 4.39 Å². The van der Waals surface area contributed by atoms with Gasteiger partial charge in [-0.3, -0.25) is 4.90 Å². The second-order valence-corrected chi connectivity index (χ2v) is 5.41. The molecule has 1 nitrogen and oxygen atoms in total. The molecule has 0 aromatic heterocycles. The van der Waals surface area contributed by atoms with Crippen LogP contribution in [-0.4, -0.2) is 18.0 Å². The molecule has 1 aromatic rings. The van der Waals surface area contributed by atoms with Crippen LogP contribution in [0.5, 0.6) is 0 Å². The first-order valence-corrected chi connectivity index (χ1v) is 6.83. The predicted molar refractivity (Wildman–Crippen MR) is 67.4 cm³/mol. The van der Waals surface area contributed by atoms with Gasteiger partial charge in [-0.2, -0.15) is 0 Å². The van der Waals surface area contributed by atoms with E-state index in [1.807, 2.05) is 12.1 Å². The smallest absolute Gasteiger partial charge is 0.128 e. The van der Waals surface area contributed by atoms with Crippen molar-refractivity contribution in [3.05, 3.63) is 35.6 Å². The Morgan fingerprint density at radius 2 is 1.65 bits per heavy atom. The van der Waals surface area contributed by atoms with Crippen LogP contribution in [0.15, 0.2) is 24.3 Å². The van der Waals surface area contributed by atoms with Gasteiger partial charge < -0.3 is 0 Å². The predicted octanol–water partition coefficient (Wildman–Crippen LogP) is 3.69. The second kappa shape index (κ2) is 4.41. The highest BCUT2D eigenvalue weighted by molar-refractivity contribution is 5.27. The van der Waals surface area contributed by atoms with E-state index in [2.05, 4.69) is 4.90 Å². The van der Waals surface area contributed by atoms with Gasteiger partial charge in [0.15, 0.2) is 0 Å². The Morgan fingerprint density at radius 1 is 0.941 bits per heavy atom. The monoisotopic (exact) mass is 233 g/mol. The lowest BCUT2D eigenvalue weighted by atomic mass is 9.73. The van der Waals surface area contributed by atoms with Gasteiger partial charge in [0.25, 0.3) is 0 Å². The SMILES string of the molecule is Fc1ccccc1C1(N2CCC2)CCCCC1. The summed E-state index contributed by atoms with van der Waals surface area (Å²) in [5, 5.41) is 0. The van der Waals surface area contributed by atoms with Crippen molar-refractivity contribution in [3.63, 3.8) is 0 Å². The van der Waals surface area contributed by atoms with Crippen molar-refractivity contribution in [3.8, 4) is 0 Å². The third-order valence-corrected chi connectivity index (χ3v) is 4.52. The quantitative estimate of drug-likeness (QED) is 0.753. The van der Waals surface area contributed by atoms with Crippen LogP contribution in [0.3, 0.4) is 0 Å². The van der Waals surface area contributed by atoms with Crippen molar-refractivity contribution in [1.82, 2.24) is 4.90 Å². The Hall–Kier alpha value is -0.890. The van der Waals surface area contributed by atoms with E-state index in [0.29, 0.717) is 0 Å². The zero-order chi connectivity index (χ0) is 11.7. The van der Waals surface area contributed by atoms with Gasteiger partial charge in [0.2, 0.25) is 0 Å². The lowest BCUT2D eigenvalue weighted by molar-refractivity contribution is -0.00519. The minimum absolute atomic E-state index is 0.0127. The molecule has 92 valence electrons. The van der Waals surface area contributed by atoms with Crippen LogP contribution >= 0.6 is 0 Å². The van der Waals surface area contributed by atoms with Gasteiger partial charge >= 0.3 is 0 Å². The highest BCUT2D eigenvalue weighted by atomic mass is 19.1. The Morgan fingerprint density at radius 3 is 2.24 bits per heavy atom. The van der Waals surface area contributed by atoms with Crippen molar-refractivity contribution in [1.29, 1.82) is 0 Å². The van der Waals surface area contributed by atoms with Crippen LogP contribution in [0, 0.1) is 5.82 Å². The van der Waals surface area contributed by atoms with E-state index in [0.717, 1.165) is 31.5 Å². The molecule has 0 N–H and O–H groups in total. The maximum atomic E-state index is 14.1. The second-order valence-electron chi connectivity index (χ2n) is 5.41. The molecule has 1 aromatic carbocycles. The molecule has 0 bridgehead atoms. The lowest BCUT2D eigenvalue weighted by Gasteiger charge is -2.51. The summed E-state index contributed by atoms with van der Waals surface area (Å²) in [6.45, 7) is 2.29. The third kappa shape index (κ3) is 1.79. The van der Waals surface area contributed by atoms with Crippen molar-refractivity contribution in [2.24, 2.45) is 0 Å². The zero-order valence-electron chi connectivity index (χ0n) is 10.3. The van der Waals surface area contributed by atoms with Crippen LogP contribution in [0.2, 0.25) is 0 Å². The van der Waals surface area contributed by atoms with Gasteiger partial charge in [0, 0.05) is 24.2 Å². The van der Waals surface area contributed by atoms with Gasteiger partial charge in [-0.05, 0) is 25.3 Å². The Bertz CT molecular complexity index is 392. The van der Waals surface area contributed by atoms with Crippen molar-refractivity contribution in [2.75, 3.05) is 13.1 Å². The van der Waals surface area contributed by atoms with E-state index < -0.39 is 0 Å². The summed E-state index contributed by atoms with van der Waals surface area (Å²) in [5.74, 6) is -0.0127. The van der Waals surface area contributed by atoms with Crippen LogP contribution in [-0.2, 0) is 5.54 Å². The molecule has 2 aliphatic rings. The fraction of sp³-hybridized carbons (Fsp3) is 0.600. The molecule has 1 aliphatic carbocycles. The minimum Gasteiger partial charge on any atom is -0.293 e. The number of halogens is 1. The standard InChI is InChI=1S/C15H20FN/c16-14-8-3-2-7-13(14)15(17-11-6-12-17)9-4-1-5-10-15/h2-3,7-8H,1,4-6,9-12H2. The normalized spacial score (nSPS) is 24.3. The number of likely N-dealkylation sites (tertiary alicyclic amines) is 1. The summed E-state index contributed by atoms with van der Waals surface area (Å²) in [5.41, 5.74) is 0.960. The highest BCUT2D eigenvalue weighted by Crippen LogP contribution is 2.45. The molecule has 3 rings (SSSR count). The molecule has 0 unspecified atom stereocenters. The van der Waals surface area contributed by atoms with E-state index in [1.54, 1.807) is 12.1 Å². The van der Waals surface area contributed by atoms with Crippen LogP contribution in [0.1, 0.15) is 44.1 Å². The van der Waals surface area contributed by atoms with E-state index in [-0.39, 0.29) is 11.4 Å². The molecule has 1 aliphatic heterocycles. The first-order valence-electron chi connectivity index (χ1n) is 6.83. The van der Waals surface area contributed by atoms with E-state index in [9.17, 15) is 4.39 Å². The average molecular weight is 233 g/mol. The van der Waals surface area contributed by atoms with Gasteiger partial charge in [-0.1, -0.05) is 37.5 Å². The molecule has 0 radical (unpaired) electrons. The number of hydrogen-bond donors (Lipinski definition) is 0. The minimum atomic E-state index is -0.0127. The Kier molecular flexibility index (Phi) is 2.91. The highest BCUT2D eigenvalue weighted by Gasteiger charge is 2.43. The van der Waals surface area contributed by atoms with E-state index in [1.165, 1.54) is 25.7 Å². The number of nitrogens with zero attached hydrogens (tertiary/aromatic N) is 1. The molecular weight excluding hydrogens is 213 g/mol.